The normalized spacial score (nSPS) is 11.2. The molecule has 1 amide bonds. The largest absolute Gasteiger partial charge is 0.370 e. The molecule has 0 bridgehead atoms. The first-order valence-electron chi connectivity index (χ1n) is 6.71. The summed E-state index contributed by atoms with van der Waals surface area (Å²) in [7, 11) is 0. The van der Waals surface area contributed by atoms with E-state index in [1.807, 2.05) is 0 Å². The number of rotatable bonds is 7. The van der Waals surface area contributed by atoms with E-state index in [9.17, 15) is 4.79 Å². The van der Waals surface area contributed by atoms with Gasteiger partial charge in [0, 0.05) is 30.2 Å². The molecule has 5 nitrogen and oxygen atoms in total. The fourth-order valence-corrected chi connectivity index (χ4v) is 1.61. The maximum Gasteiger partial charge on any atom is 0.251 e. The van der Waals surface area contributed by atoms with E-state index >= 15 is 0 Å². The van der Waals surface area contributed by atoms with Gasteiger partial charge < -0.3 is 16.4 Å². The number of nitrogens with two attached hydrogens (primary N) is 1. The van der Waals surface area contributed by atoms with Crippen molar-refractivity contribution < 1.29 is 4.79 Å². The third-order valence-corrected chi connectivity index (χ3v) is 2.87. The van der Waals surface area contributed by atoms with Crippen LogP contribution in [0, 0.1) is 0 Å². The molecule has 0 saturated carbocycles. The number of benzene rings is 1. The molecule has 0 spiro atoms. The van der Waals surface area contributed by atoms with Crippen molar-refractivity contribution in [3.8, 4) is 0 Å². The molecule has 4 N–H and O–H groups in total. The number of guanidine groups is 1. The molecule has 1 rings (SSSR count). The Morgan fingerprint density at radius 1 is 1.25 bits per heavy atom. The summed E-state index contributed by atoms with van der Waals surface area (Å²) in [6.45, 7) is 3.85. The summed E-state index contributed by atoms with van der Waals surface area (Å²) in [5, 5.41) is 6.35. The van der Waals surface area contributed by atoms with Gasteiger partial charge in [0.05, 0.1) is 0 Å². The molecule has 6 heteroatoms. The minimum absolute atomic E-state index is 0.134. The number of halogens is 1. The molecule has 20 heavy (non-hydrogen) atoms. The lowest BCUT2D eigenvalue weighted by Crippen LogP contribution is -2.38. The molecular weight excluding hydrogens is 276 g/mol. The Bertz CT molecular complexity index is 445. The highest BCUT2D eigenvalue weighted by Gasteiger charge is 2.03. The maximum absolute atomic E-state index is 11.8. The van der Waals surface area contributed by atoms with Crippen LogP contribution >= 0.6 is 11.6 Å². The Kier molecular flexibility index (Phi) is 7.50. The van der Waals surface area contributed by atoms with Crippen molar-refractivity contribution in [1.82, 2.24) is 10.6 Å². The summed E-state index contributed by atoms with van der Waals surface area (Å²) in [6.07, 6.45) is 2.11. The van der Waals surface area contributed by atoms with E-state index in [1.54, 1.807) is 24.3 Å². The summed E-state index contributed by atoms with van der Waals surface area (Å²) in [5.74, 6) is 0.282. The van der Waals surface area contributed by atoms with Gasteiger partial charge in [0.25, 0.3) is 5.91 Å². The fourth-order valence-electron chi connectivity index (χ4n) is 1.48. The summed E-state index contributed by atoms with van der Waals surface area (Å²) < 4.78 is 0. The molecule has 0 aliphatic carbocycles. The Labute approximate surface area is 124 Å². The van der Waals surface area contributed by atoms with Crippen molar-refractivity contribution in [2.45, 2.75) is 19.8 Å². The highest BCUT2D eigenvalue weighted by molar-refractivity contribution is 6.30. The molecule has 0 aliphatic rings. The van der Waals surface area contributed by atoms with E-state index in [2.05, 4.69) is 22.5 Å². The van der Waals surface area contributed by atoms with Gasteiger partial charge in [-0.25, -0.2) is 0 Å². The van der Waals surface area contributed by atoms with Crippen LogP contribution in [0.5, 0.6) is 0 Å². The number of amides is 1. The zero-order valence-corrected chi connectivity index (χ0v) is 12.4. The second-order valence-corrected chi connectivity index (χ2v) is 4.75. The van der Waals surface area contributed by atoms with Crippen molar-refractivity contribution in [2.75, 3.05) is 19.6 Å². The number of hydrogen-bond acceptors (Lipinski definition) is 2. The number of hydrogen-bond donors (Lipinski definition) is 3. The zero-order valence-electron chi connectivity index (χ0n) is 11.7. The van der Waals surface area contributed by atoms with Gasteiger partial charge in [-0.1, -0.05) is 24.9 Å². The molecule has 110 valence electrons. The van der Waals surface area contributed by atoms with E-state index < -0.39 is 0 Å². The average molecular weight is 297 g/mol. The van der Waals surface area contributed by atoms with Crippen LogP contribution in [0.15, 0.2) is 29.3 Å². The van der Waals surface area contributed by atoms with Gasteiger partial charge in [0.2, 0.25) is 0 Å². The summed E-state index contributed by atoms with van der Waals surface area (Å²) in [6, 6.07) is 6.75. The average Bonchev–Trinajstić information content (AvgIpc) is 2.44. The van der Waals surface area contributed by atoms with Crippen LogP contribution in [-0.4, -0.2) is 31.5 Å². The lowest BCUT2D eigenvalue weighted by atomic mass is 10.2. The van der Waals surface area contributed by atoms with Crippen molar-refractivity contribution >= 4 is 23.5 Å². The van der Waals surface area contributed by atoms with Crippen LogP contribution in [0.1, 0.15) is 30.1 Å². The summed E-state index contributed by atoms with van der Waals surface area (Å²) in [5.41, 5.74) is 6.25. The van der Waals surface area contributed by atoms with E-state index in [0.717, 1.165) is 19.4 Å². The number of nitrogens with zero attached hydrogens (tertiary/aromatic N) is 1. The van der Waals surface area contributed by atoms with Crippen LogP contribution in [0.25, 0.3) is 0 Å². The maximum atomic E-state index is 11.8. The molecule has 0 radical (unpaired) electrons. The standard InChI is InChI=1S/C14H21ClN4O/c1-2-3-8-18-14(16)19-10-9-17-13(20)11-4-6-12(15)7-5-11/h4-7H,2-3,8-10H2,1H3,(H,17,20)(H3,16,18,19). The first-order chi connectivity index (χ1) is 9.63. The molecule has 0 unspecified atom stereocenters. The fraction of sp³-hybridized carbons (Fsp3) is 0.429. The van der Waals surface area contributed by atoms with Crippen molar-refractivity contribution in [2.24, 2.45) is 10.7 Å². The Hall–Kier alpha value is -1.75. The van der Waals surface area contributed by atoms with Crippen LogP contribution in [0.3, 0.4) is 0 Å². The van der Waals surface area contributed by atoms with Crippen LogP contribution in [0.2, 0.25) is 5.02 Å². The van der Waals surface area contributed by atoms with E-state index in [4.69, 9.17) is 17.3 Å². The molecule has 0 aromatic heterocycles. The van der Waals surface area contributed by atoms with E-state index in [1.165, 1.54) is 0 Å². The zero-order chi connectivity index (χ0) is 14.8. The van der Waals surface area contributed by atoms with Gasteiger partial charge >= 0.3 is 0 Å². The lowest BCUT2D eigenvalue weighted by molar-refractivity contribution is 0.0954. The third kappa shape index (κ3) is 6.43. The predicted molar refractivity (Wildman–Crippen MR) is 83.2 cm³/mol. The topological polar surface area (TPSA) is 79.5 Å². The Morgan fingerprint density at radius 2 is 1.90 bits per heavy atom. The first-order valence-corrected chi connectivity index (χ1v) is 7.09. The number of carbonyl (C=O) groups is 1. The first kappa shape index (κ1) is 16.3. The van der Waals surface area contributed by atoms with Crippen molar-refractivity contribution in [3.05, 3.63) is 34.9 Å². The van der Waals surface area contributed by atoms with Crippen molar-refractivity contribution in [3.63, 3.8) is 0 Å². The van der Waals surface area contributed by atoms with Crippen LogP contribution in [0.4, 0.5) is 0 Å². The minimum Gasteiger partial charge on any atom is -0.370 e. The monoisotopic (exact) mass is 296 g/mol. The smallest absolute Gasteiger partial charge is 0.251 e. The number of aliphatic imine (C=N–C) groups is 1. The molecular formula is C14H21ClN4O. The predicted octanol–water partition coefficient (Wildman–Crippen LogP) is 1.77. The SMILES string of the molecule is CCCCN=C(N)NCCNC(=O)c1ccc(Cl)cc1. The van der Waals surface area contributed by atoms with E-state index in [-0.39, 0.29) is 5.91 Å². The van der Waals surface area contributed by atoms with Crippen LogP contribution < -0.4 is 16.4 Å². The lowest BCUT2D eigenvalue weighted by Gasteiger charge is -2.07. The molecule has 0 atom stereocenters. The molecule has 1 aromatic rings. The summed E-state index contributed by atoms with van der Waals surface area (Å²) in [4.78, 5) is 15.9. The van der Waals surface area contributed by atoms with Crippen LogP contribution in [-0.2, 0) is 0 Å². The Balaban J connectivity index is 2.22. The minimum atomic E-state index is -0.134. The molecule has 1 aromatic carbocycles. The molecule has 0 aliphatic heterocycles. The van der Waals surface area contributed by atoms with Gasteiger partial charge in [-0.3, -0.25) is 9.79 Å². The second kappa shape index (κ2) is 9.20. The number of carbonyl (C=O) groups excluding carboxylic acids is 1. The van der Waals surface area contributed by atoms with Gasteiger partial charge in [0.1, 0.15) is 0 Å². The third-order valence-electron chi connectivity index (χ3n) is 2.62. The van der Waals surface area contributed by atoms with Gasteiger partial charge in [-0.15, -0.1) is 0 Å². The second-order valence-electron chi connectivity index (χ2n) is 4.31. The number of nitrogens with one attached hydrogen (secondary N) is 2. The number of unbranched alkanes of at least 4 members (excludes halogenated alkanes) is 1. The highest BCUT2D eigenvalue weighted by Crippen LogP contribution is 2.08. The molecule has 0 heterocycles. The van der Waals surface area contributed by atoms with Gasteiger partial charge in [-0.05, 0) is 30.7 Å². The molecule has 0 fully saturated rings. The van der Waals surface area contributed by atoms with Gasteiger partial charge in [0.15, 0.2) is 5.96 Å². The summed E-state index contributed by atoms with van der Waals surface area (Å²) >= 11 is 5.76. The van der Waals surface area contributed by atoms with Crippen molar-refractivity contribution in [1.29, 1.82) is 0 Å². The van der Waals surface area contributed by atoms with Gasteiger partial charge in [-0.2, -0.15) is 0 Å². The van der Waals surface area contributed by atoms with E-state index in [0.29, 0.717) is 29.6 Å². The highest BCUT2D eigenvalue weighted by atomic mass is 35.5. The quantitative estimate of drug-likeness (QED) is 0.408. The Morgan fingerprint density at radius 3 is 2.55 bits per heavy atom. The molecule has 0 saturated heterocycles.